The van der Waals surface area contributed by atoms with E-state index in [4.69, 9.17) is 9.15 Å². The van der Waals surface area contributed by atoms with Crippen molar-refractivity contribution in [2.45, 2.75) is 83.8 Å². The van der Waals surface area contributed by atoms with E-state index in [1.165, 1.54) is 5.56 Å². The number of fused-ring (bicyclic) bond motifs is 2. The summed E-state index contributed by atoms with van der Waals surface area (Å²) in [5.41, 5.74) is 2.94. The quantitative estimate of drug-likeness (QED) is 0.441. The predicted molar refractivity (Wildman–Crippen MR) is 149 cm³/mol. The van der Waals surface area contributed by atoms with Crippen molar-refractivity contribution >= 4 is 16.9 Å². The Bertz CT molecular complexity index is 1380. The zero-order valence-corrected chi connectivity index (χ0v) is 23.0. The molecule has 38 heavy (non-hydrogen) atoms. The molecule has 2 aromatic carbocycles. The highest BCUT2D eigenvalue weighted by Gasteiger charge is 2.43. The fourth-order valence-corrected chi connectivity index (χ4v) is 6.00. The molecular formula is C32H39NO5. The van der Waals surface area contributed by atoms with Gasteiger partial charge in [0, 0.05) is 30.5 Å². The van der Waals surface area contributed by atoms with Crippen LogP contribution in [0, 0.1) is 12.8 Å². The first-order chi connectivity index (χ1) is 18.0. The summed E-state index contributed by atoms with van der Waals surface area (Å²) >= 11 is 0. The molecule has 5 rings (SSSR count). The van der Waals surface area contributed by atoms with E-state index in [-0.39, 0.29) is 23.7 Å². The lowest BCUT2D eigenvalue weighted by Crippen LogP contribution is -2.55. The summed E-state index contributed by atoms with van der Waals surface area (Å²) in [7, 11) is 0. The van der Waals surface area contributed by atoms with Crippen LogP contribution in [-0.4, -0.2) is 34.6 Å². The van der Waals surface area contributed by atoms with Gasteiger partial charge in [-0.15, -0.1) is 0 Å². The topological polar surface area (TPSA) is 80.0 Å². The van der Waals surface area contributed by atoms with E-state index in [1.54, 1.807) is 6.07 Å². The molecule has 6 heteroatoms. The Kier molecular flexibility index (Phi) is 7.12. The molecular weight excluding hydrogens is 478 g/mol. The second-order valence-electron chi connectivity index (χ2n) is 12.2. The minimum absolute atomic E-state index is 0.0120. The molecule has 0 bridgehead atoms. The van der Waals surface area contributed by atoms with Gasteiger partial charge in [0.15, 0.2) is 0 Å². The number of amides is 1. The van der Waals surface area contributed by atoms with Gasteiger partial charge in [0.05, 0.1) is 17.6 Å². The van der Waals surface area contributed by atoms with Crippen LogP contribution in [-0.2, 0) is 23.2 Å². The summed E-state index contributed by atoms with van der Waals surface area (Å²) in [5.74, 6) is 0.666. The third kappa shape index (κ3) is 5.37. The summed E-state index contributed by atoms with van der Waals surface area (Å²) in [5, 5.41) is 11.7. The SMILES string of the molecule is Cc1c(CC(=O)N2CC[C@]3(O)CCCC[C@@H]3C2)c(=O)oc2cc(OCc3ccc(C(C)(C)C)cc3)ccc12. The number of ether oxygens (including phenoxy) is 1. The van der Waals surface area contributed by atoms with Gasteiger partial charge in [-0.25, -0.2) is 4.79 Å². The molecule has 2 heterocycles. The van der Waals surface area contributed by atoms with Gasteiger partial charge < -0.3 is 19.2 Å². The number of carbonyl (C=O) groups is 1. The Hall–Kier alpha value is -3.12. The number of likely N-dealkylation sites (tertiary alicyclic amines) is 1. The second kappa shape index (κ2) is 10.2. The molecule has 0 spiro atoms. The first kappa shape index (κ1) is 26.5. The highest BCUT2D eigenvalue weighted by molar-refractivity contribution is 5.85. The molecule has 202 valence electrons. The Morgan fingerprint density at radius 2 is 1.89 bits per heavy atom. The molecule has 1 saturated heterocycles. The highest BCUT2D eigenvalue weighted by atomic mass is 16.5. The zero-order chi connectivity index (χ0) is 27.1. The number of rotatable bonds is 5. The van der Waals surface area contributed by atoms with Crippen LogP contribution in [0.1, 0.15) is 75.1 Å². The number of carbonyl (C=O) groups excluding carboxylic acids is 1. The molecule has 0 unspecified atom stereocenters. The van der Waals surface area contributed by atoms with E-state index < -0.39 is 11.2 Å². The van der Waals surface area contributed by atoms with Crippen LogP contribution in [0.15, 0.2) is 51.7 Å². The van der Waals surface area contributed by atoms with Gasteiger partial charge in [0.1, 0.15) is 17.9 Å². The van der Waals surface area contributed by atoms with Crippen molar-refractivity contribution in [1.29, 1.82) is 0 Å². The predicted octanol–water partition coefficient (Wildman–Crippen LogP) is 5.67. The number of hydrogen-bond acceptors (Lipinski definition) is 5. The first-order valence-corrected chi connectivity index (χ1v) is 13.8. The largest absolute Gasteiger partial charge is 0.489 e. The number of aryl methyl sites for hydroxylation is 1. The molecule has 2 atom stereocenters. The first-order valence-electron chi connectivity index (χ1n) is 13.8. The van der Waals surface area contributed by atoms with E-state index in [0.29, 0.717) is 43.0 Å². The average molecular weight is 518 g/mol. The van der Waals surface area contributed by atoms with Crippen LogP contribution < -0.4 is 10.4 Å². The van der Waals surface area contributed by atoms with Gasteiger partial charge >= 0.3 is 5.63 Å². The van der Waals surface area contributed by atoms with Gasteiger partial charge in [-0.05, 0) is 60.4 Å². The lowest BCUT2D eigenvalue weighted by Gasteiger charge is -2.47. The summed E-state index contributed by atoms with van der Waals surface area (Å²) in [6.07, 6.45) is 4.54. The van der Waals surface area contributed by atoms with Crippen molar-refractivity contribution in [2.75, 3.05) is 13.1 Å². The number of benzene rings is 2. The molecule has 0 radical (unpaired) electrons. The fourth-order valence-electron chi connectivity index (χ4n) is 6.00. The number of hydrogen-bond donors (Lipinski definition) is 1. The lowest BCUT2D eigenvalue weighted by molar-refractivity contribution is -0.142. The number of nitrogens with zero attached hydrogens (tertiary/aromatic N) is 1. The van der Waals surface area contributed by atoms with Crippen molar-refractivity contribution in [3.8, 4) is 5.75 Å². The summed E-state index contributed by atoms with van der Waals surface area (Å²) in [6.45, 7) is 9.95. The molecule has 1 aliphatic carbocycles. The summed E-state index contributed by atoms with van der Waals surface area (Å²) in [6, 6.07) is 13.9. The molecule has 1 aromatic heterocycles. The maximum Gasteiger partial charge on any atom is 0.340 e. The third-order valence-electron chi connectivity index (χ3n) is 8.59. The Morgan fingerprint density at radius 3 is 2.63 bits per heavy atom. The molecule has 1 aliphatic heterocycles. The van der Waals surface area contributed by atoms with Gasteiger partial charge in [0.2, 0.25) is 5.91 Å². The van der Waals surface area contributed by atoms with Gasteiger partial charge in [-0.1, -0.05) is 57.9 Å². The molecule has 6 nitrogen and oxygen atoms in total. The van der Waals surface area contributed by atoms with Gasteiger partial charge in [0.25, 0.3) is 0 Å². The fraction of sp³-hybridized carbons (Fsp3) is 0.500. The smallest absolute Gasteiger partial charge is 0.340 e. The van der Waals surface area contributed by atoms with Crippen molar-refractivity contribution in [2.24, 2.45) is 5.92 Å². The number of aliphatic hydroxyl groups is 1. The minimum Gasteiger partial charge on any atom is -0.489 e. The standard InChI is InChI=1S/C32H39NO5/c1-21-26-13-12-25(37-20-22-8-10-23(11-9-22)31(2,3)4)17-28(26)38-30(35)27(21)18-29(34)33-16-15-32(36)14-6-5-7-24(32)19-33/h8-13,17,24,36H,5-7,14-16,18-20H2,1-4H3/t24-,32-/m1/s1. The Labute approximate surface area is 224 Å². The van der Waals surface area contributed by atoms with Crippen molar-refractivity contribution < 1.29 is 19.1 Å². The van der Waals surface area contributed by atoms with Crippen LogP contribution >= 0.6 is 0 Å². The summed E-state index contributed by atoms with van der Waals surface area (Å²) < 4.78 is 11.7. The van der Waals surface area contributed by atoms with Crippen LogP contribution in [0.4, 0.5) is 0 Å². The molecule has 3 aromatic rings. The highest BCUT2D eigenvalue weighted by Crippen LogP contribution is 2.40. The normalized spacial score (nSPS) is 21.8. The van der Waals surface area contributed by atoms with E-state index in [1.807, 2.05) is 24.0 Å². The zero-order valence-electron chi connectivity index (χ0n) is 23.0. The van der Waals surface area contributed by atoms with E-state index in [2.05, 4.69) is 45.0 Å². The maximum absolute atomic E-state index is 13.2. The van der Waals surface area contributed by atoms with Crippen LogP contribution in [0.2, 0.25) is 0 Å². The molecule has 2 fully saturated rings. The van der Waals surface area contributed by atoms with Crippen molar-refractivity contribution in [1.82, 2.24) is 4.90 Å². The molecule has 1 saturated carbocycles. The van der Waals surface area contributed by atoms with E-state index >= 15 is 0 Å². The third-order valence-corrected chi connectivity index (χ3v) is 8.59. The van der Waals surface area contributed by atoms with Crippen LogP contribution in [0.25, 0.3) is 11.0 Å². The van der Waals surface area contributed by atoms with Gasteiger partial charge in [-0.2, -0.15) is 0 Å². The summed E-state index contributed by atoms with van der Waals surface area (Å²) in [4.78, 5) is 27.9. The van der Waals surface area contributed by atoms with Crippen molar-refractivity contribution in [3.63, 3.8) is 0 Å². The maximum atomic E-state index is 13.2. The Balaban J connectivity index is 1.28. The monoisotopic (exact) mass is 517 g/mol. The lowest BCUT2D eigenvalue weighted by atomic mass is 9.71. The van der Waals surface area contributed by atoms with Crippen LogP contribution in [0.5, 0.6) is 5.75 Å². The Morgan fingerprint density at radius 1 is 1.13 bits per heavy atom. The molecule has 1 N–H and O–H groups in total. The molecule has 1 amide bonds. The van der Waals surface area contributed by atoms with E-state index in [0.717, 1.165) is 42.2 Å². The van der Waals surface area contributed by atoms with Gasteiger partial charge in [-0.3, -0.25) is 4.79 Å². The van der Waals surface area contributed by atoms with E-state index in [9.17, 15) is 14.7 Å². The van der Waals surface area contributed by atoms with Crippen LogP contribution in [0.3, 0.4) is 0 Å². The number of piperidine rings is 1. The molecule has 2 aliphatic rings. The second-order valence-corrected chi connectivity index (χ2v) is 12.2. The van der Waals surface area contributed by atoms with Crippen molar-refractivity contribution in [3.05, 3.63) is 75.1 Å². The average Bonchev–Trinajstić information content (AvgIpc) is 2.88. The minimum atomic E-state index is -0.636.